The summed E-state index contributed by atoms with van der Waals surface area (Å²) in [5.74, 6) is -12.7. The van der Waals surface area contributed by atoms with E-state index >= 15 is 0 Å². The van der Waals surface area contributed by atoms with Crippen LogP contribution >= 0.6 is 23.5 Å². The van der Waals surface area contributed by atoms with E-state index in [0.717, 1.165) is 12.1 Å². The van der Waals surface area contributed by atoms with Crippen molar-refractivity contribution in [1.82, 2.24) is 0 Å². The standard InChI is InChI=1S/C14H8F10O2S2/c15-11(16,13(19,20)21)9(25)27-5-7-3-1-2-4-8(7)6-28-10(26)12(17,18)14(22,23)24/h1-4H,5-6H2. The fourth-order valence-electron chi connectivity index (χ4n) is 1.54. The molecular weight excluding hydrogens is 454 g/mol. The SMILES string of the molecule is O=C(SCc1ccccc1CSC(=O)C(F)(F)C(F)(F)F)C(F)(F)C(F)(F)F. The second-order valence-corrected chi connectivity index (χ2v) is 6.96. The lowest BCUT2D eigenvalue weighted by molar-refractivity contribution is -0.264. The Hall–Kier alpha value is -1.44. The lowest BCUT2D eigenvalue weighted by atomic mass is 10.1. The molecule has 1 aromatic rings. The number of carbonyl (C=O) groups is 2. The van der Waals surface area contributed by atoms with Crippen LogP contribution in [0, 0.1) is 0 Å². The van der Waals surface area contributed by atoms with E-state index in [1.165, 1.54) is 12.1 Å². The highest BCUT2D eigenvalue weighted by atomic mass is 32.2. The largest absolute Gasteiger partial charge is 0.462 e. The molecule has 0 fully saturated rings. The molecule has 0 aliphatic carbocycles. The summed E-state index contributed by atoms with van der Waals surface area (Å²) in [5.41, 5.74) is -0.177. The maximum atomic E-state index is 12.9. The van der Waals surface area contributed by atoms with Crippen molar-refractivity contribution < 1.29 is 53.5 Å². The quantitative estimate of drug-likeness (QED) is 0.516. The minimum absolute atomic E-state index is 0.0885. The lowest BCUT2D eigenvalue weighted by Gasteiger charge is -2.18. The summed E-state index contributed by atoms with van der Waals surface area (Å²) in [7, 11) is 0. The maximum Gasteiger partial charge on any atom is 0.462 e. The first-order chi connectivity index (χ1) is 12.5. The van der Waals surface area contributed by atoms with Gasteiger partial charge in [0.05, 0.1) is 0 Å². The lowest BCUT2D eigenvalue weighted by Crippen LogP contribution is -2.42. The van der Waals surface area contributed by atoms with Gasteiger partial charge in [0.25, 0.3) is 10.2 Å². The first-order valence-electron chi connectivity index (χ1n) is 6.82. The number of rotatable bonds is 6. The Morgan fingerprint density at radius 2 is 0.929 bits per heavy atom. The summed E-state index contributed by atoms with van der Waals surface area (Å²) in [4.78, 5) is 22.2. The normalized spacial score (nSPS) is 13.5. The number of benzene rings is 1. The van der Waals surface area contributed by atoms with E-state index in [1.807, 2.05) is 0 Å². The zero-order chi connectivity index (χ0) is 22.0. The third-order valence-electron chi connectivity index (χ3n) is 3.06. The van der Waals surface area contributed by atoms with Gasteiger partial charge in [-0.3, -0.25) is 9.59 Å². The van der Waals surface area contributed by atoms with Gasteiger partial charge in [0.15, 0.2) is 0 Å². The third kappa shape index (κ3) is 5.55. The van der Waals surface area contributed by atoms with Crippen molar-refractivity contribution in [2.45, 2.75) is 35.7 Å². The molecular formula is C14H8F10O2S2. The summed E-state index contributed by atoms with van der Waals surface area (Å²) < 4.78 is 124. The van der Waals surface area contributed by atoms with Crippen LogP contribution in [-0.4, -0.2) is 34.4 Å². The van der Waals surface area contributed by atoms with Crippen LogP contribution in [0.5, 0.6) is 0 Å². The minimum Gasteiger partial charge on any atom is -0.280 e. The van der Waals surface area contributed by atoms with Crippen LogP contribution in [0.4, 0.5) is 43.9 Å². The highest BCUT2D eigenvalue weighted by Gasteiger charge is 2.64. The molecule has 0 bridgehead atoms. The zero-order valence-corrected chi connectivity index (χ0v) is 14.8. The number of carbonyl (C=O) groups excluding carboxylic acids is 2. The smallest absolute Gasteiger partial charge is 0.280 e. The first-order valence-corrected chi connectivity index (χ1v) is 8.79. The Balaban J connectivity index is 2.84. The van der Waals surface area contributed by atoms with Gasteiger partial charge in [0.1, 0.15) is 0 Å². The van der Waals surface area contributed by atoms with Crippen LogP contribution in [0.15, 0.2) is 24.3 Å². The van der Waals surface area contributed by atoms with Crippen LogP contribution in [0.3, 0.4) is 0 Å². The van der Waals surface area contributed by atoms with Crippen molar-refractivity contribution >= 4 is 33.8 Å². The predicted octanol–water partition coefficient (Wildman–Crippen LogP) is 5.60. The molecule has 1 rings (SSSR count). The molecule has 158 valence electrons. The van der Waals surface area contributed by atoms with Gasteiger partial charge in [-0.05, 0) is 11.1 Å². The Kier molecular flexibility index (Phi) is 7.48. The molecule has 0 saturated carbocycles. The van der Waals surface area contributed by atoms with Gasteiger partial charge in [-0.2, -0.15) is 43.9 Å². The van der Waals surface area contributed by atoms with E-state index in [9.17, 15) is 53.5 Å². The van der Waals surface area contributed by atoms with Crippen molar-refractivity contribution in [3.63, 3.8) is 0 Å². The molecule has 0 radical (unpaired) electrons. The molecule has 28 heavy (non-hydrogen) atoms. The molecule has 0 aliphatic rings. The highest BCUT2D eigenvalue weighted by molar-refractivity contribution is 8.13. The Morgan fingerprint density at radius 3 is 1.18 bits per heavy atom. The van der Waals surface area contributed by atoms with Crippen LogP contribution in [0.25, 0.3) is 0 Å². The van der Waals surface area contributed by atoms with Gasteiger partial charge in [-0.25, -0.2) is 0 Å². The third-order valence-corrected chi connectivity index (χ3v) is 5.01. The number of hydrogen-bond acceptors (Lipinski definition) is 4. The van der Waals surface area contributed by atoms with Gasteiger partial charge in [0, 0.05) is 11.5 Å². The van der Waals surface area contributed by atoms with Crippen LogP contribution in [0.2, 0.25) is 0 Å². The number of hydrogen-bond donors (Lipinski definition) is 0. The first kappa shape index (κ1) is 24.6. The minimum atomic E-state index is -6.11. The van der Waals surface area contributed by atoms with Gasteiger partial charge in [0.2, 0.25) is 0 Å². The van der Waals surface area contributed by atoms with Gasteiger partial charge in [-0.15, -0.1) is 0 Å². The Labute approximate surface area is 159 Å². The molecule has 0 spiro atoms. The van der Waals surface area contributed by atoms with Crippen molar-refractivity contribution in [2.24, 2.45) is 0 Å². The fraction of sp³-hybridized carbons (Fsp3) is 0.429. The molecule has 0 aliphatic heterocycles. The van der Waals surface area contributed by atoms with Gasteiger partial charge in [-0.1, -0.05) is 47.8 Å². The number of alkyl halides is 10. The van der Waals surface area contributed by atoms with E-state index in [-0.39, 0.29) is 11.1 Å². The molecule has 1 aromatic carbocycles. The van der Waals surface area contributed by atoms with Crippen LogP contribution in [0.1, 0.15) is 11.1 Å². The van der Waals surface area contributed by atoms with Crippen molar-refractivity contribution in [1.29, 1.82) is 0 Å². The molecule has 2 nitrogen and oxygen atoms in total. The van der Waals surface area contributed by atoms with E-state index < -0.39 is 69.5 Å². The molecule has 0 atom stereocenters. The van der Waals surface area contributed by atoms with Crippen LogP contribution < -0.4 is 0 Å². The Bertz CT molecular complexity index is 667. The van der Waals surface area contributed by atoms with Crippen molar-refractivity contribution in [3.8, 4) is 0 Å². The number of thioether (sulfide) groups is 2. The van der Waals surface area contributed by atoms with Crippen molar-refractivity contribution in [3.05, 3.63) is 35.4 Å². The average Bonchev–Trinajstić information content (AvgIpc) is 2.55. The zero-order valence-electron chi connectivity index (χ0n) is 13.1. The van der Waals surface area contributed by atoms with E-state index in [1.54, 1.807) is 0 Å². The summed E-state index contributed by atoms with van der Waals surface area (Å²) in [6.45, 7) is 0. The van der Waals surface area contributed by atoms with Gasteiger partial charge < -0.3 is 0 Å². The summed E-state index contributed by atoms with van der Waals surface area (Å²) in [6.07, 6.45) is -12.2. The molecule has 0 amide bonds. The summed E-state index contributed by atoms with van der Waals surface area (Å²) in [5, 5.41) is -5.02. The summed E-state index contributed by atoms with van der Waals surface area (Å²) >= 11 is -0.819. The second kappa shape index (κ2) is 8.51. The van der Waals surface area contributed by atoms with Crippen molar-refractivity contribution in [2.75, 3.05) is 0 Å². The monoisotopic (exact) mass is 462 g/mol. The molecule has 0 N–H and O–H groups in total. The highest BCUT2D eigenvalue weighted by Crippen LogP contribution is 2.41. The van der Waals surface area contributed by atoms with Gasteiger partial charge >= 0.3 is 24.2 Å². The predicted molar refractivity (Wildman–Crippen MR) is 81.1 cm³/mol. The second-order valence-electron chi connectivity index (χ2n) is 5.07. The maximum absolute atomic E-state index is 12.9. The molecule has 0 aromatic heterocycles. The molecule has 0 saturated heterocycles. The Morgan fingerprint density at radius 1 is 0.643 bits per heavy atom. The molecule has 0 heterocycles. The number of halogens is 10. The molecule has 0 unspecified atom stereocenters. The van der Waals surface area contributed by atoms with E-state index in [4.69, 9.17) is 0 Å². The fourth-order valence-corrected chi connectivity index (χ4v) is 3.27. The average molecular weight is 462 g/mol. The van der Waals surface area contributed by atoms with Crippen LogP contribution in [-0.2, 0) is 21.1 Å². The van der Waals surface area contributed by atoms with E-state index in [0.29, 0.717) is 0 Å². The summed E-state index contributed by atoms with van der Waals surface area (Å²) in [6, 6.07) is 4.80. The molecule has 14 heteroatoms. The topological polar surface area (TPSA) is 34.1 Å². The van der Waals surface area contributed by atoms with E-state index in [2.05, 4.69) is 0 Å².